The van der Waals surface area contributed by atoms with Crippen molar-refractivity contribution in [2.24, 2.45) is 0 Å². The Bertz CT molecular complexity index is 956. The predicted molar refractivity (Wildman–Crippen MR) is 99.1 cm³/mol. The van der Waals surface area contributed by atoms with E-state index < -0.39 is 11.7 Å². The summed E-state index contributed by atoms with van der Waals surface area (Å²) in [6.45, 7) is 1.75. The van der Waals surface area contributed by atoms with Gasteiger partial charge in [0.05, 0.1) is 17.9 Å². The molecule has 5 rings (SSSR count). The molecule has 2 heterocycles. The molecule has 2 aromatic rings. The van der Waals surface area contributed by atoms with Gasteiger partial charge < -0.3 is 9.47 Å². The van der Waals surface area contributed by atoms with Crippen LogP contribution < -0.4 is 14.4 Å². The quantitative estimate of drug-likeness (QED) is 0.745. The Morgan fingerprint density at radius 3 is 2.39 bits per heavy atom. The van der Waals surface area contributed by atoms with E-state index in [0.29, 0.717) is 55.2 Å². The summed E-state index contributed by atoms with van der Waals surface area (Å²) in [5.41, 5.74) is 1.88. The fourth-order valence-electron chi connectivity index (χ4n) is 3.71. The minimum Gasteiger partial charge on any atom is -0.486 e. The smallest absolute Gasteiger partial charge is 0.300 e. The van der Waals surface area contributed by atoms with Crippen LogP contribution in [0.5, 0.6) is 11.5 Å². The van der Waals surface area contributed by atoms with E-state index in [0.717, 1.165) is 18.4 Å². The molecule has 7 heteroatoms. The van der Waals surface area contributed by atoms with Crippen molar-refractivity contribution in [3.8, 4) is 11.5 Å². The van der Waals surface area contributed by atoms with Crippen molar-refractivity contribution in [3.05, 3.63) is 53.3 Å². The largest absolute Gasteiger partial charge is 0.486 e. The molecule has 0 spiro atoms. The van der Waals surface area contributed by atoms with Crippen LogP contribution >= 0.6 is 0 Å². The van der Waals surface area contributed by atoms with Crippen LogP contribution in [0.1, 0.15) is 28.8 Å². The molecule has 1 aliphatic carbocycles. The van der Waals surface area contributed by atoms with Gasteiger partial charge >= 0.3 is 5.91 Å². The van der Waals surface area contributed by atoms with Crippen molar-refractivity contribution in [1.29, 1.82) is 0 Å². The van der Waals surface area contributed by atoms with E-state index in [-0.39, 0.29) is 5.82 Å². The average Bonchev–Trinajstić information content (AvgIpc) is 3.53. The van der Waals surface area contributed by atoms with Gasteiger partial charge in [0.1, 0.15) is 19.0 Å². The number of benzene rings is 2. The predicted octanol–water partition coefficient (Wildman–Crippen LogP) is 2.75. The summed E-state index contributed by atoms with van der Waals surface area (Å²) < 4.78 is 24.3. The summed E-state index contributed by atoms with van der Waals surface area (Å²) in [5, 5.41) is 0. The number of rotatable bonds is 5. The van der Waals surface area contributed by atoms with E-state index in [1.807, 2.05) is 0 Å². The van der Waals surface area contributed by atoms with Crippen molar-refractivity contribution in [2.45, 2.75) is 25.4 Å². The molecule has 6 nitrogen and oxygen atoms in total. The van der Waals surface area contributed by atoms with E-state index in [1.165, 1.54) is 17.0 Å². The van der Waals surface area contributed by atoms with E-state index in [2.05, 4.69) is 4.90 Å². The summed E-state index contributed by atoms with van der Waals surface area (Å²) in [7, 11) is 0. The molecule has 0 saturated heterocycles. The molecule has 3 aliphatic rings. The summed E-state index contributed by atoms with van der Waals surface area (Å²) in [5.74, 6) is -0.290. The summed E-state index contributed by atoms with van der Waals surface area (Å²) in [6.07, 6.45) is 2.09. The molecule has 0 unspecified atom stereocenters. The van der Waals surface area contributed by atoms with Crippen molar-refractivity contribution >= 4 is 17.4 Å². The lowest BCUT2D eigenvalue weighted by Gasteiger charge is -2.28. The molecule has 2 aromatic carbocycles. The highest BCUT2D eigenvalue weighted by Crippen LogP contribution is 2.41. The van der Waals surface area contributed by atoms with Gasteiger partial charge in [0.2, 0.25) is 0 Å². The van der Waals surface area contributed by atoms with Gasteiger partial charge in [0.25, 0.3) is 5.78 Å². The van der Waals surface area contributed by atoms with E-state index >= 15 is 0 Å². The monoisotopic (exact) mass is 382 g/mol. The molecule has 0 atom stereocenters. The fourth-order valence-corrected chi connectivity index (χ4v) is 3.71. The molecule has 144 valence electrons. The maximum Gasteiger partial charge on any atom is 0.300 e. The first-order chi connectivity index (χ1) is 13.6. The Balaban J connectivity index is 1.43. The summed E-state index contributed by atoms with van der Waals surface area (Å²) in [6, 6.07) is 10.0. The first-order valence-corrected chi connectivity index (χ1v) is 9.38. The molecular weight excluding hydrogens is 363 g/mol. The average molecular weight is 382 g/mol. The Morgan fingerprint density at radius 1 is 1.04 bits per heavy atom. The first kappa shape index (κ1) is 17.2. The normalized spacial score (nSPS) is 18.0. The number of hydrogen-bond donors (Lipinski definition) is 0. The van der Waals surface area contributed by atoms with Gasteiger partial charge in [-0.15, -0.1) is 0 Å². The molecule has 1 amide bonds. The number of nitrogens with zero attached hydrogens (tertiary/aromatic N) is 2. The number of carbonyl (C=O) groups excluding carboxylic acids is 2. The number of fused-ring (bicyclic) bond motifs is 2. The Morgan fingerprint density at radius 2 is 1.71 bits per heavy atom. The van der Waals surface area contributed by atoms with Crippen LogP contribution in [0.4, 0.5) is 10.1 Å². The van der Waals surface area contributed by atoms with Gasteiger partial charge in [-0.1, -0.05) is 12.1 Å². The lowest BCUT2D eigenvalue weighted by Crippen LogP contribution is -2.41. The van der Waals surface area contributed by atoms with Crippen LogP contribution in [0.25, 0.3) is 0 Å². The highest BCUT2D eigenvalue weighted by molar-refractivity contribution is 6.52. The second kappa shape index (κ2) is 6.60. The third-order valence-electron chi connectivity index (χ3n) is 5.32. The van der Waals surface area contributed by atoms with Crippen molar-refractivity contribution in [3.63, 3.8) is 0 Å². The van der Waals surface area contributed by atoms with Crippen molar-refractivity contribution < 1.29 is 23.5 Å². The molecule has 2 aliphatic heterocycles. The fraction of sp³-hybridized carbons (Fsp3) is 0.333. The number of ketones is 1. The minimum absolute atomic E-state index is 0.275. The van der Waals surface area contributed by atoms with E-state index in [9.17, 15) is 14.0 Å². The molecule has 1 saturated carbocycles. The second-order valence-corrected chi connectivity index (χ2v) is 7.32. The minimum atomic E-state index is -0.540. The summed E-state index contributed by atoms with van der Waals surface area (Å²) in [4.78, 5) is 28.8. The zero-order valence-electron chi connectivity index (χ0n) is 15.2. The molecule has 0 bridgehead atoms. The Kier molecular flexibility index (Phi) is 4.05. The number of Topliss-reactive ketones (excluding diaryl/α,β-unsaturated/α-hetero) is 1. The highest BCUT2D eigenvalue weighted by Gasteiger charge is 2.40. The lowest BCUT2D eigenvalue weighted by molar-refractivity contribution is -0.114. The topological polar surface area (TPSA) is 59.1 Å². The molecule has 0 N–H and O–H groups in total. The van der Waals surface area contributed by atoms with Gasteiger partial charge in [-0.2, -0.15) is 0 Å². The first-order valence-electron chi connectivity index (χ1n) is 9.38. The molecule has 1 fully saturated rings. The lowest BCUT2D eigenvalue weighted by atomic mass is 10.1. The zero-order chi connectivity index (χ0) is 19.3. The third-order valence-corrected chi connectivity index (χ3v) is 5.32. The highest BCUT2D eigenvalue weighted by atomic mass is 19.1. The van der Waals surface area contributed by atoms with Gasteiger partial charge in [0.15, 0.2) is 11.5 Å². The van der Waals surface area contributed by atoms with Crippen LogP contribution in [0.15, 0.2) is 36.4 Å². The Labute approximate surface area is 161 Å². The number of carbonyl (C=O) groups is 2. The molecule has 0 radical (unpaired) electrons. The van der Waals surface area contributed by atoms with Crippen molar-refractivity contribution in [1.82, 2.24) is 4.90 Å². The molecule has 28 heavy (non-hydrogen) atoms. The number of anilines is 1. The number of amides is 1. The van der Waals surface area contributed by atoms with Crippen LogP contribution in [0.2, 0.25) is 0 Å². The number of hydrogen-bond acceptors (Lipinski definition) is 5. The SMILES string of the molecule is O=C1C(=O)N(CN(Cc2ccc(F)cc2)C2CC2)c2cc3c(cc21)OCCO3. The molecule has 0 aromatic heterocycles. The van der Waals surface area contributed by atoms with Crippen molar-refractivity contribution in [2.75, 3.05) is 24.8 Å². The zero-order valence-corrected chi connectivity index (χ0v) is 15.2. The van der Waals surface area contributed by atoms with Crippen LogP contribution in [0.3, 0.4) is 0 Å². The van der Waals surface area contributed by atoms with E-state index in [1.54, 1.807) is 24.3 Å². The second-order valence-electron chi connectivity index (χ2n) is 7.32. The van der Waals surface area contributed by atoms with Gasteiger partial charge in [0, 0.05) is 18.7 Å². The van der Waals surface area contributed by atoms with Crippen LogP contribution in [-0.4, -0.2) is 42.5 Å². The standard InChI is InChI=1S/C21H19FN2O4/c22-14-3-1-13(2-4-14)11-23(15-5-6-15)12-24-17-10-19-18(27-7-8-28-19)9-16(17)20(25)21(24)26/h1-4,9-10,15H,5-8,11-12H2. The van der Waals surface area contributed by atoms with Gasteiger partial charge in [-0.05, 0) is 36.6 Å². The van der Waals surface area contributed by atoms with Gasteiger partial charge in [-0.3, -0.25) is 19.4 Å². The van der Waals surface area contributed by atoms with Crippen LogP contribution in [-0.2, 0) is 11.3 Å². The summed E-state index contributed by atoms with van der Waals surface area (Å²) >= 11 is 0. The number of halogens is 1. The van der Waals surface area contributed by atoms with E-state index in [4.69, 9.17) is 9.47 Å². The molecular formula is C21H19FN2O4. The number of ether oxygens (including phenoxy) is 2. The van der Waals surface area contributed by atoms with Gasteiger partial charge in [-0.25, -0.2) is 4.39 Å². The Hall–Kier alpha value is -2.93. The maximum atomic E-state index is 13.2. The third kappa shape index (κ3) is 3.01. The maximum absolute atomic E-state index is 13.2. The van der Waals surface area contributed by atoms with Crippen LogP contribution in [0, 0.1) is 5.82 Å².